The van der Waals surface area contributed by atoms with Crippen molar-refractivity contribution in [2.24, 2.45) is 5.92 Å². The summed E-state index contributed by atoms with van der Waals surface area (Å²) in [6.45, 7) is 6.49. The number of piperidine rings is 1. The summed E-state index contributed by atoms with van der Waals surface area (Å²) in [5.41, 5.74) is 2.42. The van der Waals surface area contributed by atoms with E-state index < -0.39 is 0 Å². The van der Waals surface area contributed by atoms with Gasteiger partial charge in [-0.2, -0.15) is 0 Å². The Balaban J connectivity index is 1.30. The number of hydrogen-bond acceptors (Lipinski definition) is 4. The Hall–Kier alpha value is -1.98. The fourth-order valence-corrected chi connectivity index (χ4v) is 4.34. The number of benzene rings is 1. The number of nitrogens with zero attached hydrogens (tertiary/aromatic N) is 4. The third kappa shape index (κ3) is 3.99. The maximum absolute atomic E-state index is 4.83. The first kappa shape index (κ1) is 16.5. The summed E-state index contributed by atoms with van der Waals surface area (Å²) in [4.78, 5) is 11.7. The number of likely N-dealkylation sites (tertiary alicyclic amines) is 1. The molecule has 2 aromatic heterocycles. The van der Waals surface area contributed by atoms with Crippen LogP contribution in [0, 0.1) is 12.8 Å². The predicted octanol–water partition coefficient (Wildman–Crippen LogP) is 4.23. The number of thiazole rings is 1. The Labute approximate surface area is 153 Å². The Bertz CT molecular complexity index is 800. The molecule has 0 spiro atoms. The van der Waals surface area contributed by atoms with Gasteiger partial charge in [-0.1, -0.05) is 30.3 Å². The van der Waals surface area contributed by atoms with E-state index >= 15 is 0 Å². The zero-order chi connectivity index (χ0) is 17.1. The molecule has 0 unspecified atom stereocenters. The molecule has 0 saturated carbocycles. The summed E-state index contributed by atoms with van der Waals surface area (Å²) < 4.78 is 2.28. The average Bonchev–Trinajstić information content (AvgIpc) is 3.27. The molecule has 4 rings (SSSR count). The lowest BCUT2D eigenvalue weighted by Crippen LogP contribution is -2.34. The average molecular weight is 353 g/mol. The fourth-order valence-electron chi connectivity index (χ4n) is 3.52. The molecule has 1 fully saturated rings. The highest BCUT2D eigenvalue weighted by molar-refractivity contribution is 7.13. The van der Waals surface area contributed by atoms with Crippen LogP contribution in [-0.4, -0.2) is 32.5 Å². The van der Waals surface area contributed by atoms with E-state index in [1.165, 1.54) is 24.1 Å². The van der Waals surface area contributed by atoms with Crippen LogP contribution in [0.4, 0.5) is 0 Å². The van der Waals surface area contributed by atoms with Crippen molar-refractivity contribution in [3.05, 3.63) is 59.6 Å². The van der Waals surface area contributed by atoms with Crippen molar-refractivity contribution in [2.45, 2.75) is 32.9 Å². The van der Waals surface area contributed by atoms with Crippen molar-refractivity contribution < 1.29 is 0 Å². The number of imidazole rings is 1. The van der Waals surface area contributed by atoms with E-state index in [9.17, 15) is 0 Å². The molecule has 0 N–H and O–H groups in total. The molecule has 3 aromatic rings. The monoisotopic (exact) mass is 352 g/mol. The molecule has 1 aromatic carbocycles. The van der Waals surface area contributed by atoms with Gasteiger partial charge < -0.3 is 4.57 Å². The zero-order valence-corrected chi connectivity index (χ0v) is 15.5. The van der Waals surface area contributed by atoms with Gasteiger partial charge in [-0.25, -0.2) is 9.97 Å². The molecule has 5 heteroatoms. The highest BCUT2D eigenvalue weighted by Gasteiger charge is 2.20. The topological polar surface area (TPSA) is 34.0 Å². The molecule has 0 amide bonds. The molecule has 4 nitrogen and oxygen atoms in total. The van der Waals surface area contributed by atoms with E-state index in [4.69, 9.17) is 4.98 Å². The van der Waals surface area contributed by atoms with E-state index in [0.717, 1.165) is 42.9 Å². The molecule has 0 bridgehead atoms. The second-order valence-corrected chi connectivity index (χ2v) is 7.71. The number of hydrogen-bond donors (Lipinski definition) is 0. The largest absolute Gasteiger partial charge is 0.335 e. The maximum atomic E-state index is 4.83. The van der Waals surface area contributed by atoms with Gasteiger partial charge in [0.25, 0.3) is 0 Å². The molecule has 0 radical (unpaired) electrons. The number of aryl methyl sites for hydroxylation is 1. The first-order valence-corrected chi connectivity index (χ1v) is 9.86. The third-order valence-corrected chi connectivity index (χ3v) is 5.98. The summed E-state index contributed by atoms with van der Waals surface area (Å²) in [5, 5.41) is 3.34. The lowest BCUT2D eigenvalue weighted by atomic mass is 9.96. The van der Waals surface area contributed by atoms with E-state index in [2.05, 4.69) is 57.2 Å². The van der Waals surface area contributed by atoms with Gasteiger partial charge in [0.1, 0.15) is 10.8 Å². The van der Waals surface area contributed by atoms with Gasteiger partial charge in [0.05, 0.1) is 5.69 Å². The van der Waals surface area contributed by atoms with Crippen LogP contribution < -0.4 is 0 Å². The van der Waals surface area contributed by atoms with Gasteiger partial charge in [-0.3, -0.25) is 4.90 Å². The van der Waals surface area contributed by atoms with Crippen molar-refractivity contribution >= 4 is 11.3 Å². The Kier molecular flexibility index (Phi) is 4.95. The van der Waals surface area contributed by atoms with Gasteiger partial charge in [0.2, 0.25) is 0 Å². The molecule has 1 aliphatic heterocycles. The molecular formula is C20H24N4S. The van der Waals surface area contributed by atoms with Crippen LogP contribution in [0.1, 0.15) is 24.4 Å². The van der Waals surface area contributed by atoms with Crippen molar-refractivity contribution in [1.29, 1.82) is 0 Å². The first-order chi connectivity index (χ1) is 12.3. The van der Waals surface area contributed by atoms with Gasteiger partial charge >= 0.3 is 0 Å². The predicted molar refractivity (Wildman–Crippen MR) is 103 cm³/mol. The van der Waals surface area contributed by atoms with E-state index in [1.54, 1.807) is 11.3 Å². The van der Waals surface area contributed by atoms with E-state index in [1.807, 2.05) is 12.3 Å². The Morgan fingerprint density at radius 3 is 2.68 bits per heavy atom. The van der Waals surface area contributed by atoms with E-state index in [0.29, 0.717) is 0 Å². The van der Waals surface area contributed by atoms with Crippen LogP contribution in [0.15, 0.2) is 48.1 Å². The number of rotatable bonds is 5. The van der Waals surface area contributed by atoms with Gasteiger partial charge in [0.15, 0.2) is 0 Å². The lowest BCUT2D eigenvalue weighted by molar-refractivity contribution is 0.165. The molecule has 0 aliphatic carbocycles. The minimum atomic E-state index is 0.763. The molecule has 1 saturated heterocycles. The molecule has 1 aliphatic rings. The minimum Gasteiger partial charge on any atom is -0.335 e. The molecule has 0 atom stereocenters. The van der Waals surface area contributed by atoms with Crippen LogP contribution >= 0.6 is 11.3 Å². The zero-order valence-electron chi connectivity index (χ0n) is 14.6. The quantitative estimate of drug-likeness (QED) is 0.689. The van der Waals surface area contributed by atoms with Crippen LogP contribution in [-0.2, 0) is 13.1 Å². The van der Waals surface area contributed by atoms with Crippen LogP contribution in [0.5, 0.6) is 0 Å². The summed E-state index contributed by atoms with van der Waals surface area (Å²) in [7, 11) is 0. The van der Waals surface area contributed by atoms with Crippen LogP contribution in [0.3, 0.4) is 0 Å². The summed E-state index contributed by atoms with van der Waals surface area (Å²) in [6, 6.07) is 10.5. The third-order valence-electron chi connectivity index (χ3n) is 5.04. The summed E-state index contributed by atoms with van der Waals surface area (Å²) in [6.07, 6.45) is 6.51. The minimum absolute atomic E-state index is 0.763. The fraction of sp³-hybridized carbons (Fsp3) is 0.400. The molecular weight excluding hydrogens is 328 g/mol. The standard InChI is InChI=1S/C20H24N4S/c1-16-21-9-12-24(16)13-17-7-10-23(11-8-17)14-19-15-25-20(22-19)18-5-3-2-4-6-18/h2-6,9,12,15,17H,7-8,10-11,13-14H2,1H3. The van der Waals surface area contributed by atoms with Crippen molar-refractivity contribution in [2.75, 3.05) is 13.1 Å². The maximum Gasteiger partial charge on any atom is 0.123 e. The Morgan fingerprint density at radius 2 is 1.96 bits per heavy atom. The number of aromatic nitrogens is 3. The highest BCUT2D eigenvalue weighted by atomic mass is 32.1. The second-order valence-electron chi connectivity index (χ2n) is 6.86. The smallest absolute Gasteiger partial charge is 0.123 e. The van der Waals surface area contributed by atoms with Gasteiger partial charge in [-0.05, 0) is 38.8 Å². The summed E-state index contributed by atoms with van der Waals surface area (Å²) in [5.74, 6) is 1.89. The molecule has 25 heavy (non-hydrogen) atoms. The summed E-state index contributed by atoms with van der Waals surface area (Å²) >= 11 is 1.75. The van der Waals surface area contributed by atoms with Gasteiger partial charge in [0, 0.05) is 36.4 Å². The Morgan fingerprint density at radius 1 is 1.16 bits per heavy atom. The van der Waals surface area contributed by atoms with Crippen molar-refractivity contribution in [1.82, 2.24) is 19.4 Å². The molecule has 130 valence electrons. The normalized spacial score (nSPS) is 16.4. The highest BCUT2D eigenvalue weighted by Crippen LogP contribution is 2.25. The van der Waals surface area contributed by atoms with Gasteiger partial charge in [-0.15, -0.1) is 11.3 Å². The van der Waals surface area contributed by atoms with E-state index in [-0.39, 0.29) is 0 Å². The van der Waals surface area contributed by atoms with Crippen molar-refractivity contribution in [3.63, 3.8) is 0 Å². The van der Waals surface area contributed by atoms with Crippen LogP contribution in [0.2, 0.25) is 0 Å². The SMILES string of the molecule is Cc1nccn1CC1CCN(Cc2csc(-c3ccccc3)n2)CC1. The molecule has 3 heterocycles. The second kappa shape index (κ2) is 7.50. The van der Waals surface area contributed by atoms with Crippen molar-refractivity contribution in [3.8, 4) is 10.6 Å². The van der Waals surface area contributed by atoms with Crippen LogP contribution in [0.25, 0.3) is 10.6 Å². The lowest BCUT2D eigenvalue weighted by Gasteiger charge is -2.31. The first-order valence-electron chi connectivity index (χ1n) is 8.98.